The largest absolute Gasteiger partial charge is 0.504 e. The van der Waals surface area contributed by atoms with Crippen LogP contribution in [0.5, 0.6) is 11.5 Å². The molecule has 0 spiro atoms. The Morgan fingerprint density at radius 1 is 0.914 bits per heavy atom. The first-order valence-corrected chi connectivity index (χ1v) is 21.0. The van der Waals surface area contributed by atoms with Crippen LogP contribution in [-0.2, 0) is 31.1 Å². The van der Waals surface area contributed by atoms with Gasteiger partial charge in [-0.1, -0.05) is 65.7 Å². The number of hydrogen-bond acceptors (Lipinski definition) is 8. The number of fused-ring (bicyclic) bond motifs is 4. The number of imide groups is 2. The molecule has 6 atom stereocenters. The van der Waals surface area contributed by atoms with Crippen LogP contribution in [0.4, 0.5) is 10.1 Å². The predicted molar refractivity (Wildman–Crippen MR) is 223 cm³/mol. The molecular formula is C45H41ClFIN4O6. The lowest BCUT2D eigenvalue weighted by molar-refractivity contribution is -0.144. The minimum atomic E-state index is -1.55. The highest BCUT2D eigenvalue weighted by molar-refractivity contribution is 14.1. The van der Waals surface area contributed by atoms with Crippen LogP contribution in [0.2, 0.25) is 5.02 Å². The minimum Gasteiger partial charge on any atom is -0.504 e. The van der Waals surface area contributed by atoms with Crippen molar-refractivity contribution >= 4 is 63.5 Å². The van der Waals surface area contributed by atoms with Gasteiger partial charge in [0.25, 0.3) is 11.8 Å². The summed E-state index contributed by atoms with van der Waals surface area (Å²) in [5.74, 6) is -5.45. The average molecular weight is 915 g/mol. The number of rotatable bonds is 8. The van der Waals surface area contributed by atoms with Crippen LogP contribution in [0.3, 0.4) is 0 Å². The number of benzene rings is 4. The van der Waals surface area contributed by atoms with E-state index in [1.54, 1.807) is 36.4 Å². The lowest BCUT2D eigenvalue weighted by Crippen LogP contribution is -2.53. The lowest BCUT2D eigenvalue weighted by Gasteiger charge is -2.50. The smallest absolute Gasteiger partial charge is 0.260 e. The summed E-state index contributed by atoms with van der Waals surface area (Å²) in [5.41, 5.74) is 4.94. The Morgan fingerprint density at radius 2 is 1.62 bits per heavy atom. The first kappa shape index (κ1) is 38.7. The van der Waals surface area contributed by atoms with Gasteiger partial charge in [-0.25, -0.2) is 4.39 Å². The molecule has 3 heterocycles. The fraction of sp³-hybridized carbons (Fsp3) is 0.333. The number of carbonyl (C=O) groups is 4. The molecule has 1 saturated carbocycles. The van der Waals surface area contributed by atoms with Crippen LogP contribution < -0.4 is 10.2 Å². The summed E-state index contributed by atoms with van der Waals surface area (Å²) in [7, 11) is 1.45. The fourth-order valence-electron chi connectivity index (χ4n) is 10.5. The molecule has 4 aromatic carbocycles. The van der Waals surface area contributed by atoms with E-state index in [0.717, 1.165) is 30.2 Å². The summed E-state index contributed by atoms with van der Waals surface area (Å²) in [6.45, 7) is 2.30. The number of carbonyl (C=O) groups excluding carboxylic acids is 4. The van der Waals surface area contributed by atoms with Crippen LogP contribution in [0.15, 0.2) is 103 Å². The maximum Gasteiger partial charge on any atom is 0.260 e. The molecule has 0 bridgehead atoms. The molecular weight excluding hydrogens is 874 g/mol. The van der Waals surface area contributed by atoms with E-state index in [-0.39, 0.29) is 35.8 Å². The summed E-state index contributed by atoms with van der Waals surface area (Å²) in [5, 5.41) is 12.5. The Bertz CT molecular complexity index is 2340. The predicted octanol–water partition coefficient (Wildman–Crippen LogP) is 7.45. The third-order valence-corrected chi connectivity index (χ3v) is 14.1. The quantitative estimate of drug-likeness (QED) is 0.106. The van der Waals surface area contributed by atoms with Gasteiger partial charge in [0.05, 0.1) is 39.5 Å². The number of nitrogens with one attached hydrogen (secondary N) is 1. The molecule has 9 rings (SSSR count). The number of ether oxygens (including phenoxy) is 1. The number of hydrogen-bond donors (Lipinski definition) is 2. The van der Waals surface area contributed by atoms with Crippen molar-refractivity contribution in [1.82, 2.24) is 14.8 Å². The van der Waals surface area contributed by atoms with E-state index in [1.165, 1.54) is 41.8 Å². The van der Waals surface area contributed by atoms with Crippen LogP contribution in [0.1, 0.15) is 48.3 Å². The van der Waals surface area contributed by atoms with Gasteiger partial charge in [-0.05, 0) is 119 Å². The molecule has 2 aliphatic carbocycles. The van der Waals surface area contributed by atoms with Gasteiger partial charge in [0.1, 0.15) is 5.82 Å². The van der Waals surface area contributed by atoms with Gasteiger partial charge in [0.15, 0.2) is 11.5 Å². The lowest BCUT2D eigenvalue weighted by atomic mass is 9.49. The van der Waals surface area contributed by atoms with E-state index < -0.39 is 52.6 Å². The summed E-state index contributed by atoms with van der Waals surface area (Å²) in [4.78, 5) is 63.5. The van der Waals surface area contributed by atoms with Crippen molar-refractivity contribution in [2.45, 2.75) is 49.6 Å². The maximum absolute atomic E-state index is 15.4. The number of methoxy groups -OCH3 is 1. The number of anilines is 1. The van der Waals surface area contributed by atoms with Gasteiger partial charge in [-0.3, -0.25) is 34.4 Å². The Balaban J connectivity index is 1.13. The van der Waals surface area contributed by atoms with Gasteiger partial charge in [-0.15, -0.1) is 0 Å². The molecule has 4 fully saturated rings. The van der Waals surface area contributed by atoms with Gasteiger partial charge in [0, 0.05) is 36.6 Å². The van der Waals surface area contributed by atoms with Gasteiger partial charge in [0.2, 0.25) is 11.8 Å². The van der Waals surface area contributed by atoms with Crippen LogP contribution in [0.25, 0.3) is 0 Å². The van der Waals surface area contributed by atoms with Gasteiger partial charge >= 0.3 is 0 Å². The molecule has 4 amide bonds. The highest BCUT2D eigenvalue weighted by atomic mass is 127. The Kier molecular flexibility index (Phi) is 10.1. The molecule has 58 heavy (non-hydrogen) atoms. The SMILES string of the molecule is COc1cc([C@H]2C3=CC[C@@H]4C(=O)N(C5CCN(Cc6ccccc6)CC5)C(=O)[C@@H]4[C@@H]3C[C@H]3C(=O)N(Nc4ccc(F)cc4)C(=O)[C@@]23c2ccc(Cl)cc2)cc(I)c1O. The molecule has 0 aromatic heterocycles. The minimum absolute atomic E-state index is 0.0653. The fourth-order valence-corrected chi connectivity index (χ4v) is 11.3. The van der Waals surface area contributed by atoms with E-state index in [9.17, 15) is 23.9 Å². The second-order valence-electron chi connectivity index (χ2n) is 16.0. The summed E-state index contributed by atoms with van der Waals surface area (Å²) in [6, 6.07) is 25.8. The average Bonchev–Trinajstić information content (AvgIpc) is 3.61. The van der Waals surface area contributed by atoms with Crippen LogP contribution >= 0.6 is 34.2 Å². The molecule has 10 nitrogen and oxygen atoms in total. The number of hydrazine groups is 1. The molecule has 298 valence electrons. The molecule has 0 unspecified atom stereocenters. The number of phenols is 1. The first-order chi connectivity index (χ1) is 28.0. The van der Waals surface area contributed by atoms with E-state index in [4.69, 9.17) is 16.3 Å². The van der Waals surface area contributed by atoms with E-state index >= 15 is 4.79 Å². The van der Waals surface area contributed by atoms with Crippen molar-refractivity contribution in [3.63, 3.8) is 0 Å². The summed E-state index contributed by atoms with van der Waals surface area (Å²) >= 11 is 8.44. The standard InChI is InChI=1S/C45H41ClFIN4O6/c1-58-37-22-26(21-36(48)40(37)53)39-32-15-16-33-38(43(56)51(41(33)54)31-17-19-50(20-18-31)24-25-5-3-2-4-6-25)34(32)23-35-42(55)52(49-30-13-11-29(47)12-14-30)44(57)45(35,39)27-7-9-28(46)10-8-27/h2-15,21-22,31,33-35,38-39,49,53H,16-20,23-24H2,1H3/t33-,34+,35-,38-,39-,45+/m0/s1. The van der Waals surface area contributed by atoms with Gasteiger partial charge < -0.3 is 9.84 Å². The number of aromatic hydroxyl groups is 1. The van der Waals surface area contributed by atoms with Crippen LogP contribution in [-0.4, -0.2) is 69.8 Å². The highest BCUT2D eigenvalue weighted by Gasteiger charge is 2.70. The number of nitrogens with zero attached hydrogens (tertiary/aromatic N) is 3. The molecule has 0 radical (unpaired) electrons. The second kappa shape index (κ2) is 15.1. The first-order valence-electron chi connectivity index (χ1n) is 19.6. The molecule has 3 saturated heterocycles. The molecule has 3 aliphatic heterocycles. The van der Waals surface area contributed by atoms with E-state index in [1.807, 2.05) is 46.9 Å². The van der Waals surface area contributed by atoms with Crippen molar-refractivity contribution in [2.24, 2.45) is 23.7 Å². The summed E-state index contributed by atoms with van der Waals surface area (Å²) in [6.07, 6.45) is 3.79. The molecule has 4 aromatic rings. The number of likely N-dealkylation sites (tertiary alicyclic amines) is 2. The Hall–Kier alpha value is -4.79. The Labute approximate surface area is 354 Å². The number of piperidine rings is 1. The monoisotopic (exact) mass is 914 g/mol. The third-order valence-electron chi connectivity index (χ3n) is 13.1. The molecule has 5 aliphatic rings. The number of halogens is 3. The Morgan fingerprint density at radius 3 is 2.31 bits per heavy atom. The van der Waals surface area contributed by atoms with Gasteiger partial charge in [-0.2, -0.15) is 5.01 Å². The highest BCUT2D eigenvalue weighted by Crippen LogP contribution is 2.64. The topological polar surface area (TPSA) is 119 Å². The zero-order chi connectivity index (χ0) is 40.5. The second-order valence-corrected chi connectivity index (χ2v) is 17.6. The van der Waals surface area contributed by atoms with Crippen molar-refractivity contribution < 1.29 is 33.4 Å². The number of amides is 4. The van der Waals surface area contributed by atoms with Crippen molar-refractivity contribution in [3.05, 3.63) is 134 Å². The zero-order valence-corrected chi connectivity index (χ0v) is 34.5. The zero-order valence-electron chi connectivity index (χ0n) is 31.6. The van der Waals surface area contributed by atoms with E-state index in [0.29, 0.717) is 44.7 Å². The molecule has 2 N–H and O–H groups in total. The third kappa shape index (κ3) is 6.21. The van der Waals surface area contributed by atoms with Crippen molar-refractivity contribution in [3.8, 4) is 11.5 Å². The molecule has 13 heteroatoms. The van der Waals surface area contributed by atoms with Crippen molar-refractivity contribution in [1.29, 1.82) is 0 Å². The normalized spacial score (nSPS) is 27.3. The number of phenolic OH excluding ortho intramolecular Hbond substituents is 1. The van der Waals surface area contributed by atoms with Crippen molar-refractivity contribution in [2.75, 3.05) is 25.6 Å². The maximum atomic E-state index is 15.4. The van der Waals surface area contributed by atoms with E-state index in [2.05, 4.69) is 22.5 Å². The number of allylic oxidation sites excluding steroid dienone is 2. The summed E-state index contributed by atoms with van der Waals surface area (Å²) < 4.78 is 20.1. The van der Waals surface area contributed by atoms with Crippen LogP contribution in [0, 0.1) is 33.1 Å².